The topological polar surface area (TPSA) is 192 Å². The van der Waals surface area contributed by atoms with E-state index in [0.717, 1.165) is 11.5 Å². The summed E-state index contributed by atoms with van der Waals surface area (Å²) in [6, 6.07) is 3.78. The van der Waals surface area contributed by atoms with E-state index in [1.54, 1.807) is 0 Å². The number of halogens is 2. The van der Waals surface area contributed by atoms with Crippen molar-refractivity contribution in [3.05, 3.63) is 28.5 Å². The van der Waals surface area contributed by atoms with Gasteiger partial charge < -0.3 is 26.4 Å². The first kappa shape index (κ1) is 21.8. The van der Waals surface area contributed by atoms with Crippen molar-refractivity contribution in [3.8, 4) is 0 Å². The molecule has 0 bridgehead atoms. The van der Waals surface area contributed by atoms with E-state index >= 15 is 0 Å². The lowest BCUT2D eigenvalue weighted by Gasteiger charge is -2.12. The number of amides is 2. The summed E-state index contributed by atoms with van der Waals surface area (Å²) in [4.78, 5) is 21.9. The molecule has 8 N–H and O–H groups in total. The second-order valence-corrected chi connectivity index (χ2v) is 5.50. The van der Waals surface area contributed by atoms with E-state index in [2.05, 4.69) is 42.2 Å². The number of carbonyl (C=O) groups is 2. The maximum atomic E-state index is 13.2. The summed E-state index contributed by atoms with van der Waals surface area (Å²) in [6.07, 6.45) is 0. The van der Waals surface area contributed by atoms with Gasteiger partial charge in [0.15, 0.2) is 11.5 Å². The predicted octanol–water partition coefficient (Wildman–Crippen LogP) is -0.194. The molecule has 1 rings (SSSR count). The summed E-state index contributed by atoms with van der Waals surface area (Å²) in [5.41, 5.74) is 0.933. The molecule has 0 unspecified atom stereocenters. The number of rotatable bonds is 6. The van der Waals surface area contributed by atoms with Gasteiger partial charge in [-0.25, -0.2) is 9.87 Å². The number of hydrogen-bond donors (Lipinski definition) is 8. The van der Waals surface area contributed by atoms with Crippen LogP contribution in [-0.4, -0.2) is 57.9 Å². The molecule has 0 aliphatic carbocycles. The van der Waals surface area contributed by atoms with Gasteiger partial charge in [0.05, 0.1) is 4.47 Å². The maximum absolute atomic E-state index is 13.2. The van der Waals surface area contributed by atoms with Gasteiger partial charge in [-0.3, -0.25) is 20.2 Å². The zero-order chi connectivity index (χ0) is 20.4. The van der Waals surface area contributed by atoms with Crippen LogP contribution in [0.3, 0.4) is 0 Å². The Bertz CT molecular complexity index is 786. The summed E-state index contributed by atoms with van der Waals surface area (Å²) in [5, 5.41) is 47.1. The third-order valence-corrected chi connectivity index (χ3v) is 3.47. The van der Waals surface area contributed by atoms with Crippen LogP contribution in [0.15, 0.2) is 33.0 Å². The molecule has 12 nitrogen and oxygen atoms in total. The molecule has 1 aromatic carbocycles. The smallest absolute Gasteiger partial charge is 0.332 e. The number of hydroxylamine groups is 1. The molecule has 1 aromatic rings. The Morgan fingerprint density at radius 3 is 2.37 bits per heavy atom. The first-order valence-electron chi connectivity index (χ1n) is 7.05. The Morgan fingerprint density at radius 1 is 1.15 bits per heavy atom. The van der Waals surface area contributed by atoms with Crippen LogP contribution in [-0.2, 0) is 9.59 Å². The molecule has 0 saturated carbocycles. The highest BCUT2D eigenvalue weighted by Gasteiger charge is 2.18. The zero-order valence-corrected chi connectivity index (χ0v) is 15.0. The normalized spacial score (nSPS) is 11.5. The highest BCUT2D eigenvalue weighted by Crippen LogP contribution is 2.20. The largest absolute Gasteiger partial charge is 0.410 e. The Morgan fingerprint density at radius 2 is 1.81 bits per heavy atom. The van der Waals surface area contributed by atoms with Gasteiger partial charge in [0.1, 0.15) is 5.82 Å². The molecule has 0 aromatic heterocycles. The number of benzene rings is 1. The van der Waals surface area contributed by atoms with E-state index in [1.807, 2.05) is 0 Å². The number of hydrogen-bond acceptors (Lipinski definition) is 8. The Kier molecular flexibility index (Phi) is 8.61. The fourth-order valence-electron chi connectivity index (χ4n) is 1.64. The molecule has 0 fully saturated rings. The number of nitrogens with zero attached hydrogens (tertiary/aromatic N) is 2. The molecule has 27 heavy (non-hydrogen) atoms. The molecule has 0 aliphatic rings. The minimum atomic E-state index is -1.26. The fraction of sp³-hybridized carbons (Fsp3) is 0.154. The SMILES string of the molecule is N=C(NCCNC(=O)C(=O)NO)C(=N\O)/C(=N/O)Nc1ccc(F)c(Br)c1. The van der Waals surface area contributed by atoms with Gasteiger partial charge in [0.25, 0.3) is 0 Å². The van der Waals surface area contributed by atoms with Gasteiger partial charge in [0.2, 0.25) is 5.84 Å². The quantitative estimate of drug-likeness (QED) is 0.0562. The average Bonchev–Trinajstić information content (AvgIpc) is 2.66. The van der Waals surface area contributed by atoms with Crippen molar-refractivity contribution in [2.45, 2.75) is 0 Å². The third kappa shape index (κ3) is 6.52. The van der Waals surface area contributed by atoms with Crippen molar-refractivity contribution in [1.82, 2.24) is 16.1 Å². The maximum Gasteiger partial charge on any atom is 0.332 e. The summed E-state index contributed by atoms with van der Waals surface area (Å²) < 4.78 is 13.4. The molecule has 2 amide bonds. The van der Waals surface area contributed by atoms with Crippen LogP contribution in [0.25, 0.3) is 0 Å². The number of anilines is 1. The highest BCUT2D eigenvalue weighted by molar-refractivity contribution is 9.10. The Labute approximate surface area is 159 Å². The van der Waals surface area contributed by atoms with E-state index in [-0.39, 0.29) is 23.2 Å². The van der Waals surface area contributed by atoms with Crippen molar-refractivity contribution >= 4 is 50.8 Å². The average molecular weight is 448 g/mol. The number of carbonyl (C=O) groups excluding carboxylic acids is 2. The molecule has 0 heterocycles. The predicted molar refractivity (Wildman–Crippen MR) is 94.8 cm³/mol. The van der Waals surface area contributed by atoms with Gasteiger partial charge >= 0.3 is 11.8 Å². The van der Waals surface area contributed by atoms with E-state index in [9.17, 15) is 14.0 Å². The van der Waals surface area contributed by atoms with E-state index in [1.165, 1.54) is 12.1 Å². The van der Waals surface area contributed by atoms with Crippen LogP contribution in [0.2, 0.25) is 0 Å². The van der Waals surface area contributed by atoms with Crippen LogP contribution in [0.1, 0.15) is 0 Å². The highest BCUT2D eigenvalue weighted by atomic mass is 79.9. The minimum Gasteiger partial charge on any atom is -0.410 e. The van der Waals surface area contributed by atoms with Crippen LogP contribution in [0, 0.1) is 11.2 Å². The molecule has 0 saturated heterocycles. The van der Waals surface area contributed by atoms with Crippen molar-refractivity contribution in [1.29, 1.82) is 5.41 Å². The number of oxime groups is 2. The standard InChI is InChI=1S/C13H15BrFN7O5/c14-7-5-6(1-2-8(7)15)19-11(21-26)9(20-25)10(16)17-3-4-18-12(23)13(24)22-27/h1-2,5,25-27H,3-4H2,(H2,16,17)(H,18,23)(H,19,21)(H,22,24)/b20-9+. The lowest BCUT2D eigenvalue weighted by atomic mass is 10.2. The van der Waals surface area contributed by atoms with E-state index < -0.39 is 35.0 Å². The van der Waals surface area contributed by atoms with Gasteiger partial charge in [-0.05, 0) is 34.1 Å². The van der Waals surface area contributed by atoms with Gasteiger partial charge in [0, 0.05) is 18.8 Å². The second-order valence-electron chi connectivity index (χ2n) is 4.65. The monoisotopic (exact) mass is 447 g/mol. The van der Waals surface area contributed by atoms with Crippen molar-refractivity contribution < 1.29 is 29.6 Å². The van der Waals surface area contributed by atoms with Gasteiger partial charge in [-0.1, -0.05) is 10.3 Å². The first-order chi connectivity index (χ1) is 12.8. The molecule has 14 heteroatoms. The first-order valence-corrected chi connectivity index (χ1v) is 7.85. The second kappa shape index (κ2) is 10.7. The van der Waals surface area contributed by atoms with Crippen molar-refractivity contribution in [2.75, 3.05) is 18.4 Å². The van der Waals surface area contributed by atoms with Gasteiger partial charge in [-0.15, -0.1) is 0 Å². The number of amidine groups is 2. The van der Waals surface area contributed by atoms with E-state index in [4.69, 9.17) is 21.0 Å². The summed E-state index contributed by atoms with van der Waals surface area (Å²) in [5.74, 6) is -3.78. The van der Waals surface area contributed by atoms with E-state index in [0.29, 0.717) is 0 Å². The number of nitrogens with one attached hydrogen (secondary N) is 5. The fourth-order valence-corrected chi connectivity index (χ4v) is 2.02. The van der Waals surface area contributed by atoms with Crippen LogP contribution in [0.5, 0.6) is 0 Å². The molecular weight excluding hydrogens is 433 g/mol. The Hall–Kier alpha value is -3.26. The van der Waals surface area contributed by atoms with Crippen molar-refractivity contribution in [3.63, 3.8) is 0 Å². The lowest BCUT2D eigenvalue weighted by Crippen LogP contribution is -2.44. The van der Waals surface area contributed by atoms with Crippen molar-refractivity contribution in [2.24, 2.45) is 10.3 Å². The summed E-state index contributed by atoms with van der Waals surface area (Å²) >= 11 is 2.98. The van der Waals surface area contributed by atoms with Gasteiger partial charge in [-0.2, -0.15) is 0 Å². The third-order valence-electron chi connectivity index (χ3n) is 2.86. The molecule has 146 valence electrons. The Balaban J connectivity index is 2.66. The molecular formula is C13H15BrFN7O5. The van der Waals surface area contributed by atoms with Crippen LogP contribution >= 0.6 is 15.9 Å². The summed E-state index contributed by atoms with van der Waals surface area (Å²) in [6.45, 7) is -0.180. The minimum absolute atomic E-state index is 0.0664. The lowest BCUT2D eigenvalue weighted by molar-refractivity contribution is -0.144. The molecule has 0 atom stereocenters. The molecule has 0 aliphatic heterocycles. The summed E-state index contributed by atoms with van der Waals surface area (Å²) in [7, 11) is 0. The molecule has 0 radical (unpaired) electrons. The molecule has 0 spiro atoms. The van der Waals surface area contributed by atoms with Crippen LogP contribution in [0.4, 0.5) is 10.1 Å². The zero-order valence-electron chi connectivity index (χ0n) is 13.5. The van der Waals surface area contributed by atoms with Crippen LogP contribution < -0.4 is 21.4 Å².